The second kappa shape index (κ2) is 4.22. The first kappa shape index (κ1) is 9.19. The van der Waals surface area contributed by atoms with E-state index in [-0.39, 0.29) is 6.10 Å². The fourth-order valence-corrected chi connectivity index (χ4v) is 1.46. The van der Waals surface area contributed by atoms with Crippen molar-refractivity contribution in [1.29, 1.82) is 0 Å². The molecule has 1 aromatic heterocycles. The van der Waals surface area contributed by atoms with Gasteiger partial charge in [0.15, 0.2) is 6.10 Å². The zero-order chi connectivity index (χ0) is 9.80. The van der Waals surface area contributed by atoms with E-state index >= 15 is 0 Å². The molecule has 0 spiro atoms. The third-order valence-electron chi connectivity index (χ3n) is 1.58. The first-order chi connectivity index (χ1) is 6.90. The fraction of sp³-hybridized carbons (Fsp3) is 0.222. The van der Waals surface area contributed by atoms with Crippen LogP contribution in [0, 0.1) is 12.3 Å². The number of hydrogen-bond acceptors (Lipinski definition) is 5. The Morgan fingerprint density at radius 3 is 3.36 bits per heavy atom. The highest BCUT2D eigenvalue weighted by atomic mass is 32.2. The molecule has 1 aliphatic heterocycles. The fourth-order valence-electron chi connectivity index (χ4n) is 1.00. The zero-order valence-corrected chi connectivity index (χ0v) is 8.11. The molecule has 4 nitrogen and oxygen atoms in total. The molecule has 0 aromatic carbocycles. The predicted octanol–water partition coefficient (Wildman–Crippen LogP) is 1.84. The van der Waals surface area contributed by atoms with Crippen molar-refractivity contribution >= 4 is 18.2 Å². The van der Waals surface area contributed by atoms with Crippen LogP contribution in [0.15, 0.2) is 27.9 Å². The molecule has 0 saturated carbocycles. The van der Waals surface area contributed by atoms with Gasteiger partial charge in [0.05, 0.1) is 18.2 Å². The number of furan rings is 1. The van der Waals surface area contributed by atoms with Crippen LogP contribution >= 0.6 is 11.9 Å². The number of hydrogen-bond donors (Lipinski definition) is 0. The van der Waals surface area contributed by atoms with Gasteiger partial charge >= 0.3 is 0 Å². The lowest BCUT2D eigenvalue weighted by atomic mass is 10.3. The molecule has 2 heterocycles. The van der Waals surface area contributed by atoms with Crippen molar-refractivity contribution in [2.45, 2.75) is 6.10 Å². The summed E-state index contributed by atoms with van der Waals surface area (Å²) in [6.45, 7) is 0. The minimum atomic E-state index is -0.240. The molecule has 1 aliphatic rings. The molecule has 0 aliphatic carbocycles. The second-order valence-corrected chi connectivity index (χ2v) is 3.38. The largest absolute Gasteiger partial charge is 0.466 e. The van der Waals surface area contributed by atoms with Crippen LogP contribution in [-0.4, -0.2) is 16.5 Å². The molecule has 0 amide bonds. The smallest absolute Gasteiger partial charge is 0.183 e. The molecule has 14 heavy (non-hydrogen) atoms. The van der Waals surface area contributed by atoms with Crippen LogP contribution in [0.2, 0.25) is 0 Å². The highest BCUT2D eigenvalue weighted by molar-refractivity contribution is 7.97. The summed E-state index contributed by atoms with van der Waals surface area (Å²) in [4.78, 5) is 5.39. The van der Waals surface area contributed by atoms with E-state index in [0.717, 1.165) is 5.76 Å². The van der Waals surface area contributed by atoms with Crippen LogP contribution in [0.3, 0.4) is 0 Å². The Balaban J connectivity index is 1.91. The summed E-state index contributed by atoms with van der Waals surface area (Å²) in [5, 5.41) is 4.00. The third-order valence-corrected chi connectivity index (χ3v) is 2.28. The molecule has 1 unspecified atom stereocenters. The number of rotatable bonds is 3. The van der Waals surface area contributed by atoms with E-state index in [1.165, 1.54) is 16.5 Å². The first-order valence-electron chi connectivity index (χ1n) is 4.01. The lowest BCUT2D eigenvalue weighted by molar-refractivity contribution is -0.0829. The summed E-state index contributed by atoms with van der Waals surface area (Å²) in [6, 6.07) is 3.65. The molecule has 72 valence electrons. The Morgan fingerprint density at radius 1 is 1.71 bits per heavy atom. The maximum Gasteiger partial charge on any atom is 0.183 e. The van der Waals surface area contributed by atoms with Crippen molar-refractivity contribution < 1.29 is 9.25 Å². The van der Waals surface area contributed by atoms with E-state index in [9.17, 15) is 0 Å². The highest BCUT2D eigenvalue weighted by Gasteiger charge is 2.22. The van der Waals surface area contributed by atoms with E-state index in [1.54, 1.807) is 12.5 Å². The predicted molar refractivity (Wildman–Crippen MR) is 54.2 cm³/mol. The topological polar surface area (TPSA) is 38.0 Å². The van der Waals surface area contributed by atoms with E-state index in [1.807, 2.05) is 12.1 Å². The third kappa shape index (κ3) is 1.92. The number of terminal acetylenes is 1. The lowest BCUT2D eigenvalue weighted by Gasteiger charge is -2.10. The van der Waals surface area contributed by atoms with Crippen LogP contribution < -0.4 is 0 Å². The van der Waals surface area contributed by atoms with E-state index in [4.69, 9.17) is 15.7 Å². The van der Waals surface area contributed by atoms with Crippen molar-refractivity contribution in [2.24, 2.45) is 5.10 Å². The number of hydrazone groups is 1. The Bertz CT molecular complexity index is 355. The van der Waals surface area contributed by atoms with E-state index in [2.05, 4.69) is 11.0 Å². The molecule has 0 fully saturated rings. The van der Waals surface area contributed by atoms with Crippen molar-refractivity contribution in [3.8, 4) is 12.3 Å². The average molecular weight is 208 g/mol. The quantitative estimate of drug-likeness (QED) is 0.561. The molecule has 2 rings (SSSR count). The van der Waals surface area contributed by atoms with Gasteiger partial charge in [-0.2, -0.15) is 0 Å². The van der Waals surface area contributed by atoms with Crippen molar-refractivity contribution in [2.75, 3.05) is 5.75 Å². The molecule has 1 aromatic rings. The SMILES string of the molecule is C#CCSN1N=CC(c2ccco2)O1. The Labute approximate surface area is 86.0 Å². The van der Waals surface area contributed by atoms with Crippen molar-refractivity contribution in [3.05, 3.63) is 24.2 Å². The number of nitrogens with zero attached hydrogens (tertiary/aromatic N) is 2. The van der Waals surface area contributed by atoms with Gasteiger partial charge in [0.1, 0.15) is 5.76 Å². The van der Waals surface area contributed by atoms with Crippen LogP contribution in [0.5, 0.6) is 0 Å². The summed E-state index contributed by atoms with van der Waals surface area (Å²) in [5.41, 5.74) is 0. The molecular formula is C9H8N2O2S. The molecule has 5 heteroatoms. The minimum Gasteiger partial charge on any atom is -0.466 e. The Hall–Kier alpha value is -1.38. The van der Waals surface area contributed by atoms with Crippen molar-refractivity contribution in [3.63, 3.8) is 0 Å². The summed E-state index contributed by atoms with van der Waals surface area (Å²) in [5.74, 6) is 3.75. The highest BCUT2D eigenvalue weighted by Crippen LogP contribution is 2.26. The van der Waals surface area contributed by atoms with Crippen molar-refractivity contribution in [1.82, 2.24) is 4.58 Å². The van der Waals surface area contributed by atoms with Gasteiger partial charge in [-0.25, -0.2) is 4.84 Å². The Kier molecular flexibility index (Phi) is 2.77. The summed E-state index contributed by atoms with van der Waals surface area (Å²) >= 11 is 1.32. The van der Waals surface area contributed by atoms with Gasteiger partial charge in [-0.3, -0.25) is 0 Å². The zero-order valence-electron chi connectivity index (χ0n) is 7.29. The average Bonchev–Trinajstić information content (AvgIpc) is 2.85. The van der Waals surface area contributed by atoms with Crippen LogP contribution in [0.4, 0.5) is 0 Å². The van der Waals surface area contributed by atoms with Gasteiger partial charge in [-0.05, 0) is 12.1 Å². The summed E-state index contributed by atoms with van der Waals surface area (Å²) in [6.07, 6.45) is 8.14. The summed E-state index contributed by atoms with van der Waals surface area (Å²) < 4.78 is 6.57. The monoisotopic (exact) mass is 208 g/mol. The molecule has 0 saturated heterocycles. The molecule has 0 N–H and O–H groups in total. The molecular weight excluding hydrogens is 200 g/mol. The van der Waals surface area contributed by atoms with Crippen LogP contribution in [0.1, 0.15) is 11.9 Å². The normalized spacial score (nSPS) is 19.9. The second-order valence-electron chi connectivity index (χ2n) is 2.52. The van der Waals surface area contributed by atoms with Gasteiger partial charge in [-0.15, -0.1) is 16.1 Å². The van der Waals surface area contributed by atoms with Gasteiger partial charge < -0.3 is 4.42 Å². The van der Waals surface area contributed by atoms with Gasteiger partial charge in [0.25, 0.3) is 0 Å². The van der Waals surface area contributed by atoms with E-state index in [0.29, 0.717) is 5.75 Å². The summed E-state index contributed by atoms with van der Waals surface area (Å²) in [7, 11) is 0. The van der Waals surface area contributed by atoms with E-state index < -0.39 is 0 Å². The maximum absolute atomic E-state index is 5.39. The first-order valence-corrected chi connectivity index (χ1v) is 4.95. The molecule has 1 atom stereocenters. The van der Waals surface area contributed by atoms with Gasteiger partial charge in [0, 0.05) is 11.9 Å². The molecule has 0 radical (unpaired) electrons. The maximum atomic E-state index is 5.39. The molecule has 0 bridgehead atoms. The lowest BCUT2D eigenvalue weighted by Crippen LogP contribution is -2.06. The standard InChI is InChI=1S/C9H8N2O2S/c1-2-6-14-11-10-7-9(13-11)8-4-3-5-12-8/h1,3-5,7,9H,6H2. The van der Waals surface area contributed by atoms with Crippen LogP contribution in [-0.2, 0) is 4.84 Å². The van der Waals surface area contributed by atoms with Gasteiger partial charge in [0.2, 0.25) is 0 Å². The van der Waals surface area contributed by atoms with Crippen LogP contribution in [0.25, 0.3) is 0 Å². The van der Waals surface area contributed by atoms with Gasteiger partial charge in [-0.1, -0.05) is 5.92 Å². The Morgan fingerprint density at radius 2 is 2.64 bits per heavy atom. The minimum absolute atomic E-state index is 0.240.